The molecule has 0 aliphatic heterocycles. The van der Waals surface area contributed by atoms with Crippen LogP contribution in [-0.4, -0.2) is 30.6 Å². The van der Waals surface area contributed by atoms with Crippen molar-refractivity contribution in [2.75, 3.05) is 13.7 Å². The molecule has 0 radical (unpaired) electrons. The van der Waals surface area contributed by atoms with Crippen molar-refractivity contribution in [1.82, 2.24) is 5.32 Å². The van der Waals surface area contributed by atoms with Crippen LogP contribution in [0.4, 0.5) is 10.1 Å². The van der Waals surface area contributed by atoms with Crippen molar-refractivity contribution in [3.05, 3.63) is 70.0 Å². The molecule has 0 bridgehead atoms. The van der Waals surface area contributed by atoms with Crippen molar-refractivity contribution in [1.29, 1.82) is 0 Å². The second-order valence-corrected chi connectivity index (χ2v) is 5.34. The van der Waals surface area contributed by atoms with E-state index in [-0.39, 0.29) is 12.4 Å². The Labute approximate surface area is 149 Å². The van der Waals surface area contributed by atoms with Crippen LogP contribution in [0.25, 0.3) is 0 Å². The largest absolute Gasteiger partial charge is 0.476 e. The number of nitrogens with one attached hydrogen (secondary N) is 1. The number of likely N-dealkylation sites (N-methyl/N-ethyl adjacent to an activating group) is 1. The normalized spacial score (nSPS) is 12.9. The fourth-order valence-electron chi connectivity index (χ4n) is 2.47. The minimum Gasteiger partial charge on any atom is -0.476 e. The van der Waals surface area contributed by atoms with Gasteiger partial charge in [-0.3, -0.25) is 14.9 Å². The summed E-state index contributed by atoms with van der Waals surface area (Å²) in [6.07, 6.45) is -0.913. The number of carbonyl (C=O) groups is 1. The SMILES string of the molecule is CCOC(=O)[C@@H](NC)[C@H](Oc1ccc(F)cc1[N+](=O)[O-])c1ccccc1. The van der Waals surface area contributed by atoms with E-state index in [0.29, 0.717) is 5.56 Å². The highest BCUT2D eigenvalue weighted by molar-refractivity contribution is 5.77. The minimum absolute atomic E-state index is 0.144. The van der Waals surface area contributed by atoms with E-state index in [1.54, 1.807) is 44.3 Å². The van der Waals surface area contributed by atoms with Crippen LogP contribution in [0.1, 0.15) is 18.6 Å². The Kier molecular flexibility index (Phi) is 6.62. The van der Waals surface area contributed by atoms with Gasteiger partial charge in [-0.15, -0.1) is 0 Å². The Morgan fingerprint density at radius 2 is 1.96 bits per heavy atom. The topological polar surface area (TPSA) is 90.7 Å². The summed E-state index contributed by atoms with van der Waals surface area (Å²) in [4.78, 5) is 22.8. The Balaban J connectivity index is 2.45. The molecule has 0 aromatic heterocycles. The Morgan fingerprint density at radius 1 is 1.27 bits per heavy atom. The highest BCUT2D eigenvalue weighted by Gasteiger charge is 2.33. The summed E-state index contributed by atoms with van der Waals surface area (Å²) in [5, 5.41) is 14.0. The standard InChI is InChI=1S/C18H19FN2O5/c1-3-25-18(22)16(20-2)17(12-7-5-4-6-8-12)26-15-10-9-13(19)11-14(15)21(23)24/h4-11,16-17,20H,3H2,1-2H3/t16-,17+/m0/s1. The predicted molar refractivity (Wildman–Crippen MR) is 92.3 cm³/mol. The molecule has 7 nitrogen and oxygen atoms in total. The van der Waals surface area contributed by atoms with Gasteiger partial charge in [0.2, 0.25) is 0 Å². The molecule has 8 heteroatoms. The molecule has 0 heterocycles. The average Bonchev–Trinajstić information content (AvgIpc) is 2.63. The van der Waals surface area contributed by atoms with E-state index >= 15 is 0 Å². The monoisotopic (exact) mass is 362 g/mol. The number of rotatable bonds is 8. The van der Waals surface area contributed by atoms with Crippen molar-refractivity contribution < 1.29 is 23.6 Å². The first-order valence-corrected chi connectivity index (χ1v) is 7.97. The van der Waals surface area contributed by atoms with Crippen molar-refractivity contribution in [3.8, 4) is 5.75 Å². The van der Waals surface area contributed by atoms with E-state index in [1.807, 2.05) is 0 Å². The molecule has 1 N–H and O–H groups in total. The highest BCUT2D eigenvalue weighted by Crippen LogP contribution is 2.33. The molecule has 0 saturated heterocycles. The maximum absolute atomic E-state index is 13.4. The number of ether oxygens (including phenoxy) is 2. The molecule has 0 aliphatic rings. The van der Waals surface area contributed by atoms with Crippen molar-refractivity contribution >= 4 is 11.7 Å². The van der Waals surface area contributed by atoms with E-state index in [2.05, 4.69) is 5.32 Å². The maximum Gasteiger partial charge on any atom is 0.327 e. The van der Waals surface area contributed by atoms with Gasteiger partial charge in [0.25, 0.3) is 0 Å². The van der Waals surface area contributed by atoms with E-state index in [1.165, 1.54) is 6.07 Å². The molecule has 0 saturated carbocycles. The van der Waals surface area contributed by atoms with Gasteiger partial charge < -0.3 is 14.8 Å². The van der Waals surface area contributed by atoms with E-state index in [4.69, 9.17) is 9.47 Å². The molecular weight excluding hydrogens is 343 g/mol. The summed E-state index contributed by atoms with van der Waals surface area (Å²) < 4.78 is 24.2. The number of carbonyl (C=O) groups excluding carboxylic acids is 1. The molecule has 0 unspecified atom stereocenters. The number of esters is 1. The van der Waals surface area contributed by atoms with Crippen LogP contribution in [0, 0.1) is 15.9 Å². The van der Waals surface area contributed by atoms with Gasteiger partial charge in [0, 0.05) is 0 Å². The lowest BCUT2D eigenvalue weighted by Gasteiger charge is -2.26. The smallest absolute Gasteiger partial charge is 0.327 e. The number of benzene rings is 2. The molecule has 138 valence electrons. The van der Waals surface area contributed by atoms with Crippen molar-refractivity contribution in [3.63, 3.8) is 0 Å². The lowest BCUT2D eigenvalue weighted by molar-refractivity contribution is -0.386. The number of hydrogen-bond acceptors (Lipinski definition) is 6. The van der Waals surface area contributed by atoms with Gasteiger partial charge in [-0.05, 0) is 31.7 Å². The third-order valence-corrected chi connectivity index (χ3v) is 3.65. The van der Waals surface area contributed by atoms with Gasteiger partial charge in [-0.25, -0.2) is 4.39 Å². The molecule has 0 amide bonds. The zero-order valence-electron chi connectivity index (χ0n) is 14.3. The summed E-state index contributed by atoms with van der Waals surface area (Å²) >= 11 is 0. The molecular formula is C18H19FN2O5. The summed E-state index contributed by atoms with van der Waals surface area (Å²) in [7, 11) is 1.56. The second-order valence-electron chi connectivity index (χ2n) is 5.34. The molecule has 2 rings (SSSR count). The van der Waals surface area contributed by atoms with Crippen LogP contribution >= 0.6 is 0 Å². The molecule has 0 aliphatic carbocycles. The number of halogens is 1. The number of nitro benzene ring substituents is 1. The zero-order valence-corrected chi connectivity index (χ0v) is 14.3. The first kappa shape index (κ1) is 19.3. The Bertz CT molecular complexity index is 769. The van der Waals surface area contributed by atoms with Crippen LogP contribution in [0.3, 0.4) is 0 Å². The van der Waals surface area contributed by atoms with Gasteiger partial charge in [-0.1, -0.05) is 30.3 Å². The van der Waals surface area contributed by atoms with E-state index < -0.39 is 34.5 Å². The number of nitro groups is 1. The molecule has 0 spiro atoms. The van der Waals surface area contributed by atoms with Crippen LogP contribution in [-0.2, 0) is 9.53 Å². The summed E-state index contributed by atoms with van der Waals surface area (Å²) in [6.45, 7) is 1.85. The van der Waals surface area contributed by atoms with Gasteiger partial charge in [-0.2, -0.15) is 0 Å². The summed E-state index contributed by atoms with van der Waals surface area (Å²) in [5.74, 6) is -1.46. The highest BCUT2D eigenvalue weighted by atomic mass is 19.1. The lowest BCUT2D eigenvalue weighted by atomic mass is 10.0. The molecule has 2 atom stereocenters. The second kappa shape index (κ2) is 8.91. The van der Waals surface area contributed by atoms with E-state index in [9.17, 15) is 19.3 Å². The molecule has 26 heavy (non-hydrogen) atoms. The average molecular weight is 362 g/mol. The molecule has 2 aromatic rings. The quantitative estimate of drug-likeness (QED) is 0.441. The first-order chi connectivity index (χ1) is 12.5. The predicted octanol–water partition coefficient (Wildman–Crippen LogP) is 3.01. The van der Waals surface area contributed by atoms with E-state index in [0.717, 1.165) is 12.1 Å². The summed E-state index contributed by atoms with van der Waals surface area (Å²) in [6, 6.07) is 10.8. The van der Waals surface area contributed by atoms with Gasteiger partial charge in [0.1, 0.15) is 11.9 Å². The van der Waals surface area contributed by atoms with Gasteiger partial charge in [0.05, 0.1) is 17.6 Å². The molecule has 2 aromatic carbocycles. The third-order valence-electron chi connectivity index (χ3n) is 3.65. The summed E-state index contributed by atoms with van der Waals surface area (Å²) in [5.41, 5.74) is 0.0863. The van der Waals surface area contributed by atoms with Crippen LogP contribution < -0.4 is 10.1 Å². The van der Waals surface area contributed by atoms with Gasteiger partial charge in [0.15, 0.2) is 11.9 Å². The third kappa shape index (κ3) is 4.54. The Morgan fingerprint density at radius 3 is 2.54 bits per heavy atom. The zero-order chi connectivity index (χ0) is 19.1. The number of hydrogen-bond donors (Lipinski definition) is 1. The fourth-order valence-corrected chi connectivity index (χ4v) is 2.47. The number of nitrogens with zero attached hydrogens (tertiary/aromatic N) is 1. The first-order valence-electron chi connectivity index (χ1n) is 7.97. The van der Waals surface area contributed by atoms with Crippen LogP contribution in [0.2, 0.25) is 0 Å². The molecule has 0 fully saturated rings. The van der Waals surface area contributed by atoms with Crippen molar-refractivity contribution in [2.45, 2.75) is 19.1 Å². The Hall–Kier alpha value is -3.00. The fraction of sp³-hybridized carbons (Fsp3) is 0.278. The maximum atomic E-state index is 13.4. The lowest BCUT2D eigenvalue weighted by Crippen LogP contribution is -2.43. The van der Waals surface area contributed by atoms with Crippen LogP contribution in [0.5, 0.6) is 5.75 Å². The van der Waals surface area contributed by atoms with Crippen LogP contribution in [0.15, 0.2) is 48.5 Å². The van der Waals surface area contributed by atoms with Crippen molar-refractivity contribution in [2.24, 2.45) is 0 Å². The minimum atomic E-state index is -0.915. The van der Waals surface area contributed by atoms with Gasteiger partial charge >= 0.3 is 11.7 Å².